The van der Waals surface area contributed by atoms with Crippen molar-refractivity contribution in [1.29, 1.82) is 5.26 Å². The Morgan fingerprint density at radius 2 is 1.69 bits per heavy atom. The number of aromatic amines is 1. The van der Waals surface area contributed by atoms with Crippen molar-refractivity contribution < 1.29 is 31.1 Å². The number of hydrogen-bond acceptors (Lipinski definition) is 3. The van der Waals surface area contributed by atoms with Crippen molar-refractivity contribution in [3.8, 4) is 22.9 Å². The fourth-order valence-electron chi connectivity index (χ4n) is 2.44. The Bertz CT molecular complexity index is 951. The second kappa shape index (κ2) is 6.40. The fourth-order valence-corrected chi connectivity index (χ4v) is 2.44. The first-order valence-corrected chi connectivity index (χ1v) is 6.91. The molecule has 10 heteroatoms. The Morgan fingerprint density at radius 1 is 1.08 bits per heavy atom. The number of benzene rings is 1. The van der Waals surface area contributed by atoms with E-state index in [1.54, 1.807) is 0 Å². The first kappa shape index (κ1) is 19.4. The molecule has 0 aliphatic carbocycles. The van der Waals surface area contributed by atoms with Gasteiger partial charge in [-0.15, -0.1) is 0 Å². The van der Waals surface area contributed by atoms with E-state index in [9.17, 15) is 31.1 Å². The minimum atomic E-state index is -5.19. The Hall–Kier alpha value is -2.96. The quantitative estimate of drug-likeness (QED) is 0.797. The molecule has 0 atom stereocenters. The maximum absolute atomic E-state index is 13.5. The minimum absolute atomic E-state index is 0.0739. The van der Waals surface area contributed by atoms with Gasteiger partial charge in [0, 0.05) is 16.8 Å². The van der Waals surface area contributed by atoms with Crippen molar-refractivity contribution in [1.82, 2.24) is 4.98 Å². The number of nitrogens with zero attached hydrogens (tertiary/aromatic N) is 1. The number of halogens is 6. The van der Waals surface area contributed by atoms with Gasteiger partial charge in [0.15, 0.2) is 0 Å². The summed E-state index contributed by atoms with van der Waals surface area (Å²) < 4.78 is 84.0. The third-order valence-electron chi connectivity index (χ3n) is 3.50. The van der Waals surface area contributed by atoms with E-state index in [-0.39, 0.29) is 11.8 Å². The van der Waals surface area contributed by atoms with Gasteiger partial charge in [-0.3, -0.25) is 4.79 Å². The monoisotopic (exact) mass is 376 g/mol. The van der Waals surface area contributed by atoms with E-state index in [0.29, 0.717) is 6.07 Å². The summed E-state index contributed by atoms with van der Waals surface area (Å²) in [6.45, 7) is 1.36. The third-order valence-corrected chi connectivity index (χ3v) is 3.50. The molecule has 2 aromatic rings. The predicted octanol–water partition coefficient (Wildman–Crippen LogP) is 4.27. The number of alkyl halides is 6. The summed E-state index contributed by atoms with van der Waals surface area (Å²) in [5.41, 5.74) is -6.00. The van der Waals surface area contributed by atoms with Crippen molar-refractivity contribution in [3.05, 3.63) is 50.9 Å². The summed E-state index contributed by atoms with van der Waals surface area (Å²) in [6, 6.07) is 2.86. The molecule has 0 saturated heterocycles. The van der Waals surface area contributed by atoms with Gasteiger partial charge in [0.2, 0.25) is 0 Å². The number of ether oxygens (including phenoxy) is 1. The smallest absolute Gasteiger partial charge is 0.417 e. The van der Waals surface area contributed by atoms with Gasteiger partial charge in [-0.25, -0.2) is 0 Å². The Labute approximate surface area is 142 Å². The summed E-state index contributed by atoms with van der Waals surface area (Å²) in [6.07, 6.45) is -10.2. The van der Waals surface area contributed by atoms with E-state index in [4.69, 9.17) is 10.00 Å². The van der Waals surface area contributed by atoms with E-state index in [1.165, 1.54) is 13.0 Å². The molecule has 0 saturated carbocycles. The van der Waals surface area contributed by atoms with Crippen LogP contribution in [0.15, 0.2) is 23.0 Å². The van der Waals surface area contributed by atoms with Gasteiger partial charge in [0.05, 0.1) is 18.2 Å². The number of rotatable bonds is 2. The number of nitrogens with one attached hydrogen (secondary N) is 1. The van der Waals surface area contributed by atoms with E-state index in [1.807, 2.05) is 0 Å². The molecule has 0 amide bonds. The van der Waals surface area contributed by atoms with Gasteiger partial charge in [0.1, 0.15) is 17.4 Å². The Balaban J connectivity index is 3.03. The molecule has 1 heterocycles. The standard InChI is InChI=1S/C16H10F6N2O2/c1-7-3-9(10(6-23)14(25)24-7)13-11(16(20,21)22)4-8(15(17,18)19)5-12(13)26-2/h3-5H,1-2H3,(H,24,25). The van der Waals surface area contributed by atoms with Crippen LogP contribution in [0.4, 0.5) is 26.3 Å². The molecule has 0 spiro atoms. The molecule has 1 aromatic carbocycles. The number of aryl methyl sites for hydroxylation is 1. The van der Waals surface area contributed by atoms with Crippen LogP contribution in [-0.2, 0) is 12.4 Å². The average Bonchev–Trinajstić information content (AvgIpc) is 2.51. The van der Waals surface area contributed by atoms with Crippen LogP contribution >= 0.6 is 0 Å². The lowest BCUT2D eigenvalue weighted by atomic mass is 9.93. The number of hydrogen-bond donors (Lipinski definition) is 1. The minimum Gasteiger partial charge on any atom is -0.496 e. The van der Waals surface area contributed by atoms with Crippen molar-refractivity contribution in [3.63, 3.8) is 0 Å². The second-order valence-electron chi connectivity index (χ2n) is 5.28. The normalized spacial score (nSPS) is 12.0. The molecule has 4 nitrogen and oxygen atoms in total. The van der Waals surface area contributed by atoms with Crippen molar-refractivity contribution in [2.75, 3.05) is 7.11 Å². The number of pyridine rings is 1. The zero-order valence-electron chi connectivity index (χ0n) is 13.3. The fraction of sp³-hybridized carbons (Fsp3) is 0.250. The molecule has 0 bridgehead atoms. The van der Waals surface area contributed by atoms with Crippen LogP contribution in [0.1, 0.15) is 22.4 Å². The van der Waals surface area contributed by atoms with Gasteiger partial charge in [-0.05, 0) is 25.1 Å². The number of aromatic nitrogens is 1. The van der Waals surface area contributed by atoms with Crippen LogP contribution in [0, 0.1) is 18.3 Å². The largest absolute Gasteiger partial charge is 0.496 e. The second-order valence-corrected chi connectivity index (χ2v) is 5.28. The van der Waals surface area contributed by atoms with Gasteiger partial charge in [-0.1, -0.05) is 0 Å². The van der Waals surface area contributed by atoms with Crippen LogP contribution in [0.25, 0.3) is 11.1 Å². The van der Waals surface area contributed by atoms with Crippen LogP contribution < -0.4 is 10.3 Å². The highest BCUT2D eigenvalue weighted by Crippen LogP contribution is 2.46. The zero-order chi connectivity index (χ0) is 19.9. The van der Waals surface area contributed by atoms with E-state index < -0.39 is 51.5 Å². The summed E-state index contributed by atoms with van der Waals surface area (Å²) in [4.78, 5) is 14.1. The van der Waals surface area contributed by atoms with E-state index >= 15 is 0 Å². The lowest BCUT2D eigenvalue weighted by Gasteiger charge is -2.20. The molecule has 0 aliphatic heterocycles. The summed E-state index contributed by atoms with van der Waals surface area (Å²) in [7, 11) is 0.894. The number of H-pyrrole nitrogens is 1. The third kappa shape index (κ3) is 3.51. The molecule has 0 radical (unpaired) electrons. The molecule has 0 fully saturated rings. The van der Waals surface area contributed by atoms with Crippen LogP contribution in [0.2, 0.25) is 0 Å². The molecule has 1 aromatic heterocycles. The molecular formula is C16H10F6N2O2. The molecule has 26 heavy (non-hydrogen) atoms. The zero-order valence-corrected chi connectivity index (χ0v) is 13.3. The molecule has 2 rings (SSSR count). The first-order valence-electron chi connectivity index (χ1n) is 6.91. The maximum Gasteiger partial charge on any atom is 0.417 e. The Morgan fingerprint density at radius 3 is 2.15 bits per heavy atom. The SMILES string of the molecule is COc1cc(C(F)(F)F)cc(C(F)(F)F)c1-c1cc(C)[nH]c(=O)c1C#N. The van der Waals surface area contributed by atoms with Gasteiger partial charge in [-0.2, -0.15) is 31.6 Å². The van der Waals surface area contributed by atoms with E-state index in [2.05, 4.69) is 4.98 Å². The van der Waals surface area contributed by atoms with Gasteiger partial charge >= 0.3 is 12.4 Å². The number of nitriles is 1. The maximum atomic E-state index is 13.5. The predicted molar refractivity (Wildman–Crippen MR) is 78.5 cm³/mol. The molecule has 0 unspecified atom stereocenters. The Kier molecular flexibility index (Phi) is 4.77. The summed E-state index contributed by atoms with van der Waals surface area (Å²) >= 11 is 0. The number of methoxy groups -OCH3 is 1. The molecule has 1 N–H and O–H groups in total. The van der Waals surface area contributed by atoms with Gasteiger partial charge in [0.25, 0.3) is 5.56 Å². The highest BCUT2D eigenvalue weighted by Gasteiger charge is 2.40. The van der Waals surface area contributed by atoms with Crippen molar-refractivity contribution in [2.24, 2.45) is 0 Å². The molecule has 138 valence electrons. The average molecular weight is 376 g/mol. The summed E-state index contributed by atoms with van der Waals surface area (Å²) in [5, 5.41) is 9.12. The first-order chi connectivity index (χ1) is 11.9. The van der Waals surface area contributed by atoms with Crippen molar-refractivity contribution >= 4 is 0 Å². The van der Waals surface area contributed by atoms with Crippen molar-refractivity contribution in [2.45, 2.75) is 19.3 Å². The van der Waals surface area contributed by atoms with Crippen LogP contribution in [0.5, 0.6) is 5.75 Å². The lowest BCUT2D eigenvalue weighted by Crippen LogP contribution is -2.17. The van der Waals surface area contributed by atoms with Gasteiger partial charge < -0.3 is 9.72 Å². The highest BCUT2D eigenvalue weighted by atomic mass is 19.4. The summed E-state index contributed by atoms with van der Waals surface area (Å²) in [5.74, 6) is -0.756. The van der Waals surface area contributed by atoms with Crippen LogP contribution in [0.3, 0.4) is 0 Å². The highest BCUT2D eigenvalue weighted by molar-refractivity contribution is 5.79. The lowest BCUT2D eigenvalue weighted by molar-refractivity contribution is -0.142. The molecule has 0 aliphatic rings. The topological polar surface area (TPSA) is 65.9 Å². The molecular weight excluding hydrogens is 366 g/mol. The van der Waals surface area contributed by atoms with Crippen LogP contribution in [-0.4, -0.2) is 12.1 Å². The van der Waals surface area contributed by atoms with E-state index in [0.717, 1.165) is 13.2 Å².